The predicted octanol–water partition coefficient (Wildman–Crippen LogP) is 5.68. The average molecular weight is 906 g/mol. The number of halogens is 1. The number of esters is 1. The molecule has 2 unspecified atom stereocenters. The van der Waals surface area contributed by atoms with Crippen LogP contribution in [0.3, 0.4) is 0 Å². The number of Topliss-reactive ketones (excluding diaryl/α,β-unsaturated/α-hetero) is 1. The summed E-state index contributed by atoms with van der Waals surface area (Å²) in [6.07, 6.45) is 3.07. The number of ether oxygens (including phenoxy) is 5. The van der Waals surface area contributed by atoms with E-state index in [1.807, 2.05) is 70.2 Å². The van der Waals surface area contributed by atoms with Gasteiger partial charge in [0.05, 0.1) is 30.0 Å². The molecule has 0 radical (unpaired) electrons. The van der Waals surface area contributed by atoms with Gasteiger partial charge in [-0.15, -0.1) is 11.7 Å². The van der Waals surface area contributed by atoms with Crippen molar-refractivity contribution in [3.63, 3.8) is 0 Å². The van der Waals surface area contributed by atoms with E-state index in [1.54, 1.807) is 36.6 Å². The zero-order chi connectivity index (χ0) is 46.8. The highest BCUT2D eigenvalue weighted by molar-refractivity contribution is 7.93. The van der Waals surface area contributed by atoms with Crippen LogP contribution in [-0.4, -0.2) is 148 Å². The molecule has 4 heterocycles. The Kier molecular flexibility index (Phi) is 19.0. The Balaban J connectivity index is 0.00000282. The molecule has 354 valence electrons. The summed E-state index contributed by atoms with van der Waals surface area (Å²) in [6.45, 7) is 18.4. The summed E-state index contributed by atoms with van der Waals surface area (Å²) in [6, 6.07) is 6.14. The van der Waals surface area contributed by atoms with Gasteiger partial charge in [0.2, 0.25) is 0 Å². The summed E-state index contributed by atoms with van der Waals surface area (Å²) >= 11 is 0.250. The van der Waals surface area contributed by atoms with Crippen molar-refractivity contribution in [1.82, 2.24) is 30.1 Å². The second-order valence-electron chi connectivity index (χ2n) is 17.9. The van der Waals surface area contributed by atoms with Crippen LogP contribution >= 0.6 is 12.1 Å². The Bertz CT molecular complexity index is 1830. The maximum absolute atomic E-state index is 14.4. The number of anilines is 1. The van der Waals surface area contributed by atoms with E-state index in [2.05, 4.69) is 29.1 Å². The Morgan fingerprint density at radius 2 is 1.84 bits per heavy atom. The number of aliphatic hydroxyl groups excluding tert-OH is 1. The van der Waals surface area contributed by atoms with Crippen molar-refractivity contribution in [3.05, 3.63) is 43.1 Å². The lowest BCUT2D eigenvalue weighted by Gasteiger charge is -2.46. The number of aryl methyl sites for hydroxylation is 1. The van der Waals surface area contributed by atoms with Gasteiger partial charge in [0.15, 0.2) is 17.7 Å². The summed E-state index contributed by atoms with van der Waals surface area (Å²) in [4.78, 5) is 46.0. The number of ketones is 1. The standard InChI is InChI=1S/C44H69N7O9.CH3FS/c1-12-32-38-44(8,60-42(55)51(38)20-15-14-19-50-25-33(47-48-50)30-17-16-18-31(45)22-30)35(13-2)58-40(54)29(6)36(52)28(5)39(43(7,56-11)23-26(3)24-46-32)59-41-37(53)34(49(9)10)21-27(4)57-41;1-3-2/h12,16-18,22,25-29,32,34-35,37-39,41,46,53H,1,13-15,19-21,23-24,45H2,2-11H3;1H3/t26-,27-,28+,29-,32-,34?,35-,37?,38-,39-,41+,43-,44-;/m1./s1. The van der Waals surface area contributed by atoms with E-state index in [0.29, 0.717) is 57.4 Å². The molecule has 3 saturated heterocycles. The summed E-state index contributed by atoms with van der Waals surface area (Å²) in [5, 5.41) is 23.7. The quantitative estimate of drug-likeness (QED) is 0.0774. The highest BCUT2D eigenvalue weighted by atomic mass is 32.2. The van der Waals surface area contributed by atoms with Crippen LogP contribution < -0.4 is 11.1 Å². The molecule has 3 fully saturated rings. The van der Waals surface area contributed by atoms with Crippen molar-refractivity contribution in [2.75, 3.05) is 46.3 Å². The van der Waals surface area contributed by atoms with E-state index in [1.165, 1.54) is 13.2 Å². The molecule has 3 aliphatic heterocycles. The number of carbonyl (C=O) groups is 3. The monoisotopic (exact) mass is 906 g/mol. The zero-order valence-corrected chi connectivity index (χ0v) is 39.8. The number of benzene rings is 1. The van der Waals surface area contributed by atoms with Crippen molar-refractivity contribution in [1.29, 1.82) is 0 Å². The summed E-state index contributed by atoms with van der Waals surface area (Å²) in [7, 11) is 5.37. The fraction of sp³-hybridized carbons (Fsp3) is 0.711. The van der Waals surface area contributed by atoms with Crippen LogP contribution in [0, 0.1) is 17.8 Å². The molecular weight excluding hydrogens is 834 g/mol. The number of fused-ring (bicyclic) bond motifs is 1. The molecule has 4 N–H and O–H groups in total. The molecule has 3 aliphatic rings. The van der Waals surface area contributed by atoms with E-state index in [9.17, 15) is 23.4 Å². The highest BCUT2D eigenvalue weighted by Gasteiger charge is 2.59. The van der Waals surface area contributed by atoms with Crippen LogP contribution in [0.2, 0.25) is 0 Å². The number of nitrogens with one attached hydrogen (secondary N) is 1. The van der Waals surface area contributed by atoms with E-state index in [0.717, 1.165) is 11.3 Å². The van der Waals surface area contributed by atoms with Gasteiger partial charge in [-0.1, -0.05) is 44.2 Å². The predicted molar refractivity (Wildman–Crippen MR) is 241 cm³/mol. The fourth-order valence-corrected chi connectivity index (χ4v) is 9.40. The average Bonchev–Trinajstić information content (AvgIpc) is 3.82. The summed E-state index contributed by atoms with van der Waals surface area (Å²) in [5.74, 6) is -3.28. The SMILES string of the molecule is C=C[C@H]1NC[C@H](C)C[C@@](C)(OC)[C@H](O[C@@H]2O[C@H](C)CC(N(C)C)C2O)[C@@H](C)C(=O)[C@@H](C)C(=O)O[C@H](CC)[C@@]2(C)OC(=O)N(CCCCn3cc(-c4cccc(N)c4)nn3)[C@H]12.CSF. The van der Waals surface area contributed by atoms with Crippen LogP contribution in [0.1, 0.15) is 80.6 Å². The third-order valence-corrected chi connectivity index (χ3v) is 12.8. The number of aliphatic hydroxyl groups is 1. The first-order chi connectivity index (χ1) is 29.8. The number of unbranched alkanes of at least 4 members (excludes halogenated alkanes) is 1. The van der Waals surface area contributed by atoms with Crippen LogP contribution in [0.15, 0.2) is 43.1 Å². The Morgan fingerprint density at radius 1 is 1.16 bits per heavy atom. The first-order valence-electron chi connectivity index (χ1n) is 22.0. The summed E-state index contributed by atoms with van der Waals surface area (Å²) in [5.41, 5.74) is 5.83. The van der Waals surface area contributed by atoms with E-state index >= 15 is 0 Å². The van der Waals surface area contributed by atoms with Crippen LogP contribution in [-0.2, 0) is 39.8 Å². The van der Waals surface area contributed by atoms with Gasteiger partial charge in [-0.05, 0) is 98.5 Å². The smallest absolute Gasteiger partial charge is 0.410 e. The number of hydrogen-bond acceptors (Lipinski definition) is 15. The maximum atomic E-state index is 14.4. The number of carbonyl (C=O) groups excluding carboxylic acids is 3. The van der Waals surface area contributed by atoms with Gasteiger partial charge in [0, 0.05) is 67.9 Å². The Labute approximate surface area is 377 Å². The third-order valence-electron chi connectivity index (χ3n) is 12.8. The normalized spacial score (nSPS) is 34.5. The first kappa shape index (κ1) is 52.0. The minimum atomic E-state index is -1.30. The molecule has 0 spiro atoms. The van der Waals surface area contributed by atoms with Gasteiger partial charge >= 0.3 is 12.1 Å². The molecule has 1 aromatic heterocycles. The number of methoxy groups -OCH3 is 1. The number of cyclic esters (lactones) is 1. The molecule has 1 aromatic carbocycles. The minimum Gasteiger partial charge on any atom is -0.458 e. The second-order valence-corrected chi connectivity index (χ2v) is 18.2. The maximum Gasteiger partial charge on any atom is 0.410 e. The third kappa shape index (κ3) is 12.4. The molecule has 18 heteroatoms. The molecule has 0 aliphatic carbocycles. The lowest BCUT2D eigenvalue weighted by Crippen LogP contribution is -2.61. The van der Waals surface area contributed by atoms with Gasteiger partial charge < -0.3 is 44.7 Å². The van der Waals surface area contributed by atoms with E-state index in [4.69, 9.17) is 29.4 Å². The van der Waals surface area contributed by atoms with Crippen LogP contribution in [0.25, 0.3) is 11.3 Å². The highest BCUT2D eigenvalue weighted by Crippen LogP contribution is 2.40. The molecule has 0 saturated carbocycles. The lowest BCUT2D eigenvalue weighted by molar-refractivity contribution is -0.295. The molecule has 63 heavy (non-hydrogen) atoms. The number of aromatic nitrogens is 3. The number of rotatable bonds is 12. The van der Waals surface area contributed by atoms with Gasteiger partial charge in [-0.2, -0.15) is 3.89 Å². The molecule has 13 atom stereocenters. The van der Waals surface area contributed by atoms with Gasteiger partial charge in [-0.3, -0.25) is 19.2 Å². The molecule has 0 bridgehead atoms. The molecule has 5 rings (SSSR count). The molecule has 16 nitrogen and oxygen atoms in total. The molecule has 2 aromatic rings. The topological polar surface area (TPSA) is 193 Å². The number of nitrogens with zero attached hydrogens (tertiary/aromatic N) is 5. The number of nitrogens with two attached hydrogens (primary N) is 1. The zero-order valence-electron chi connectivity index (χ0n) is 39.0. The molecular formula is C45H72FN7O9S. The van der Waals surface area contributed by atoms with Crippen molar-refractivity contribution in [3.8, 4) is 11.3 Å². The summed E-state index contributed by atoms with van der Waals surface area (Å²) < 4.78 is 43.5. The molecule has 1 amide bonds. The second kappa shape index (κ2) is 23.0. The largest absolute Gasteiger partial charge is 0.458 e. The first-order valence-corrected chi connectivity index (χ1v) is 23.1. The minimum absolute atomic E-state index is 0.0588. The van der Waals surface area contributed by atoms with Gasteiger partial charge in [0.25, 0.3) is 0 Å². The van der Waals surface area contributed by atoms with Crippen molar-refractivity contribution in [2.45, 2.75) is 147 Å². The van der Waals surface area contributed by atoms with E-state index in [-0.39, 0.29) is 30.2 Å². The van der Waals surface area contributed by atoms with Crippen molar-refractivity contribution >= 4 is 35.7 Å². The number of likely N-dealkylation sites (N-methyl/N-ethyl adjacent to an activating group) is 1. The van der Waals surface area contributed by atoms with Gasteiger partial charge in [-0.25, -0.2) is 4.79 Å². The van der Waals surface area contributed by atoms with Gasteiger partial charge in [0.1, 0.15) is 23.8 Å². The Hall–Kier alpha value is -3.65. The van der Waals surface area contributed by atoms with E-state index < -0.39 is 77.6 Å². The number of amides is 1. The van der Waals surface area contributed by atoms with Crippen molar-refractivity contribution < 1.29 is 47.1 Å². The van der Waals surface area contributed by atoms with Crippen LogP contribution in [0.5, 0.6) is 0 Å². The number of nitrogen functional groups attached to an aromatic ring is 1. The Morgan fingerprint density at radius 3 is 2.46 bits per heavy atom. The number of hydrogen-bond donors (Lipinski definition) is 3. The van der Waals surface area contributed by atoms with Crippen LogP contribution in [0.4, 0.5) is 14.4 Å². The fourth-order valence-electron chi connectivity index (χ4n) is 9.40. The lowest BCUT2D eigenvalue weighted by atomic mass is 9.78. The van der Waals surface area contributed by atoms with Crippen molar-refractivity contribution in [2.24, 2.45) is 17.8 Å².